The first kappa shape index (κ1) is 10.2. The molecule has 0 radical (unpaired) electrons. The molecule has 1 aromatic carbocycles. The Balaban J connectivity index is 2.38. The van der Waals surface area contributed by atoms with Gasteiger partial charge in [0.25, 0.3) is 0 Å². The normalized spacial score (nSPS) is 11.1. The second-order valence-corrected chi connectivity index (χ2v) is 3.93. The summed E-state index contributed by atoms with van der Waals surface area (Å²) in [5.74, 6) is 0. The largest absolute Gasteiger partial charge is 0.347 e. The molecule has 0 aliphatic rings. The summed E-state index contributed by atoms with van der Waals surface area (Å²) in [6.07, 6.45) is 3.36. The maximum Gasteiger partial charge on any atom is 0.0480 e. The second kappa shape index (κ2) is 4.49. The average Bonchev–Trinajstić information content (AvgIpc) is 2.62. The van der Waals surface area contributed by atoms with Gasteiger partial charge in [0.05, 0.1) is 0 Å². The van der Waals surface area contributed by atoms with E-state index in [4.69, 9.17) is 0 Å². The van der Waals surface area contributed by atoms with Crippen molar-refractivity contribution in [3.8, 4) is 0 Å². The molecular weight excluding hydrogens is 184 g/mol. The fraction of sp³-hybridized carbons (Fsp3) is 0.385. The highest BCUT2D eigenvalue weighted by Crippen LogP contribution is 2.18. The third kappa shape index (κ3) is 2.05. The number of rotatable bonds is 4. The van der Waals surface area contributed by atoms with Crippen LogP contribution < -0.4 is 5.32 Å². The molecule has 0 aliphatic carbocycles. The summed E-state index contributed by atoms with van der Waals surface area (Å²) < 4.78 is 2.32. The van der Waals surface area contributed by atoms with Crippen LogP contribution in [0.4, 0.5) is 0 Å². The van der Waals surface area contributed by atoms with E-state index in [-0.39, 0.29) is 0 Å². The van der Waals surface area contributed by atoms with Crippen LogP contribution in [0, 0.1) is 0 Å². The fourth-order valence-corrected chi connectivity index (χ4v) is 2.00. The van der Waals surface area contributed by atoms with Crippen LogP contribution in [0.5, 0.6) is 0 Å². The lowest BCUT2D eigenvalue weighted by atomic mass is 10.1. The molecule has 2 nitrogen and oxygen atoms in total. The van der Waals surface area contributed by atoms with E-state index < -0.39 is 0 Å². The Kier molecular flexibility index (Phi) is 3.07. The van der Waals surface area contributed by atoms with Crippen molar-refractivity contribution in [2.75, 3.05) is 7.05 Å². The van der Waals surface area contributed by atoms with Gasteiger partial charge in [-0.25, -0.2) is 0 Å². The van der Waals surface area contributed by atoms with Crippen molar-refractivity contribution in [2.45, 2.75) is 26.4 Å². The number of fused-ring (bicyclic) bond motifs is 1. The van der Waals surface area contributed by atoms with Crippen LogP contribution in [0.2, 0.25) is 0 Å². The van der Waals surface area contributed by atoms with Crippen molar-refractivity contribution in [1.82, 2.24) is 9.88 Å². The van der Waals surface area contributed by atoms with Gasteiger partial charge < -0.3 is 9.88 Å². The summed E-state index contributed by atoms with van der Waals surface area (Å²) in [7, 11) is 1.98. The van der Waals surface area contributed by atoms with Gasteiger partial charge in [-0.15, -0.1) is 0 Å². The zero-order valence-electron chi connectivity index (χ0n) is 9.46. The minimum atomic E-state index is 0.939. The third-order valence-electron chi connectivity index (χ3n) is 2.68. The number of hydrogen-bond acceptors (Lipinski definition) is 1. The van der Waals surface area contributed by atoms with Crippen LogP contribution in [-0.2, 0) is 13.1 Å². The number of aryl methyl sites for hydroxylation is 1. The van der Waals surface area contributed by atoms with Crippen molar-refractivity contribution < 1.29 is 0 Å². The molecule has 15 heavy (non-hydrogen) atoms. The zero-order valence-corrected chi connectivity index (χ0v) is 9.46. The minimum Gasteiger partial charge on any atom is -0.347 e. The van der Waals surface area contributed by atoms with Crippen LogP contribution in [0.25, 0.3) is 10.9 Å². The summed E-state index contributed by atoms with van der Waals surface area (Å²) in [5, 5.41) is 4.52. The lowest BCUT2D eigenvalue weighted by Crippen LogP contribution is -2.04. The molecule has 1 aromatic heterocycles. The topological polar surface area (TPSA) is 17.0 Å². The summed E-state index contributed by atoms with van der Waals surface area (Å²) in [5.41, 5.74) is 2.69. The van der Waals surface area contributed by atoms with Gasteiger partial charge in [0.1, 0.15) is 0 Å². The average molecular weight is 202 g/mol. The molecule has 0 unspecified atom stereocenters. The molecule has 0 atom stereocenters. The number of nitrogens with one attached hydrogen (secondary N) is 1. The predicted octanol–water partition coefficient (Wildman–Crippen LogP) is 2.77. The number of benzene rings is 1. The standard InChI is InChI=1S/C13H18N2/c1-3-7-15-8-6-12-9-11(10-14-2)4-5-13(12)15/h4-6,8-9,14H,3,7,10H2,1-2H3. The third-order valence-corrected chi connectivity index (χ3v) is 2.68. The summed E-state index contributed by atoms with van der Waals surface area (Å²) in [4.78, 5) is 0. The van der Waals surface area contributed by atoms with E-state index >= 15 is 0 Å². The van der Waals surface area contributed by atoms with Gasteiger partial charge in [0.15, 0.2) is 0 Å². The maximum atomic E-state index is 3.17. The quantitative estimate of drug-likeness (QED) is 0.806. The van der Waals surface area contributed by atoms with Gasteiger partial charge in [-0.2, -0.15) is 0 Å². The second-order valence-electron chi connectivity index (χ2n) is 3.93. The molecule has 0 spiro atoms. The highest BCUT2D eigenvalue weighted by atomic mass is 14.9. The molecular formula is C13H18N2. The Labute approximate surface area is 90.9 Å². The Hall–Kier alpha value is -1.28. The van der Waals surface area contributed by atoms with Gasteiger partial charge in [0, 0.05) is 24.8 Å². The smallest absolute Gasteiger partial charge is 0.0480 e. The van der Waals surface area contributed by atoms with Gasteiger partial charge in [-0.1, -0.05) is 13.0 Å². The van der Waals surface area contributed by atoms with Crippen molar-refractivity contribution in [2.24, 2.45) is 0 Å². The van der Waals surface area contributed by atoms with Crippen LogP contribution in [-0.4, -0.2) is 11.6 Å². The molecule has 0 bridgehead atoms. The number of nitrogens with zero attached hydrogens (tertiary/aromatic N) is 1. The van der Waals surface area contributed by atoms with E-state index in [0.717, 1.165) is 13.1 Å². The monoisotopic (exact) mass is 202 g/mol. The van der Waals surface area contributed by atoms with E-state index in [1.54, 1.807) is 0 Å². The summed E-state index contributed by atoms with van der Waals surface area (Å²) in [6, 6.07) is 8.88. The van der Waals surface area contributed by atoms with Crippen molar-refractivity contribution in [1.29, 1.82) is 0 Å². The van der Waals surface area contributed by atoms with E-state index in [1.807, 2.05) is 7.05 Å². The minimum absolute atomic E-state index is 0.939. The van der Waals surface area contributed by atoms with Crippen molar-refractivity contribution >= 4 is 10.9 Å². The Morgan fingerprint density at radius 2 is 2.13 bits per heavy atom. The number of aromatic nitrogens is 1. The van der Waals surface area contributed by atoms with Gasteiger partial charge >= 0.3 is 0 Å². The van der Waals surface area contributed by atoms with E-state index in [2.05, 4.69) is 47.3 Å². The summed E-state index contributed by atoms with van der Waals surface area (Å²) >= 11 is 0. The molecule has 2 rings (SSSR count). The van der Waals surface area contributed by atoms with E-state index in [1.165, 1.54) is 22.9 Å². The molecule has 0 fully saturated rings. The molecule has 0 aliphatic heterocycles. The van der Waals surface area contributed by atoms with Gasteiger partial charge in [0.2, 0.25) is 0 Å². The van der Waals surface area contributed by atoms with Crippen molar-refractivity contribution in [3.63, 3.8) is 0 Å². The molecule has 80 valence electrons. The maximum absolute atomic E-state index is 3.17. The zero-order chi connectivity index (χ0) is 10.7. The van der Waals surface area contributed by atoms with Crippen LogP contribution in [0.3, 0.4) is 0 Å². The predicted molar refractivity (Wildman–Crippen MR) is 65.0 cm³/mol. The van der Waals surface area contributed by atoms with Gasteiger partial charge in [-0.05, 0) is 42.6 Å². The SMILES string of the molecule is CCCn1ccc2cc(CNC)ccc21. The lowest BCUT2D eigenvalue weighted by molar-refractivity contribution is 0.703. The summed E-state index contributed by atoms with van der Waals surface area (Å²) in [6.45, 7) is 4.25. The first-order chi connectivity index (χ1) is 7.35. The highest BCUT2D eigenvalue weighted by Gasteiger charge is 2.00. The van der Waals surface area contributed by atoms with E-state index in [0.29, 0.717) is 0 Å². The Morgan fingerprint density at radius 1 is 1.27 bits per heavy atom. The van der Waals surface area contributed by atoms with Crippen LogP contribution in [0.15, 0.2) is 30.5 Å². The first-order valence-electron chi connectivity index (χ1n) is 5.57. The first-order valence-corrected chi connectivity index (χ1v) is 5.57. The molecule has 0 saturated carbocycles. The van der Waals surface area contributed by atoms with E-state index in [9.17, 15) is 0 Å². The van der Waals surface area contributed by atoms with Crippen LogP contribution >= 0.6 is 0 Å². The lowest BCUT2D eigenvalue weighted by Gasteiger charge is -2.04. The molecule has 2 aromatic rings. The van der Waals surface area contributed by atoms with Gasteiger partial charge in [-0.3, -0.25) is 0 Å². The van der Waals surface area contributed by atoms with Crippen LogP contribution in [0.1, 0.15) is 18.9 Å². The highest BCUT2D eigenvalue weighted by molar-refractivity contribution is 5.80. The molecule has 0 saturated heterocycles. The van der Waals surface area contributed by atoms with Crippen molar-refractivity contribution in [3.05, 3.63) is 36.0 Å². The molecule has 0 amide bonds. The molecule has 1 heterocycles. The number of hydrogen-bond donors (Lipinski definition) is 1. The Bertz CT molecular complexity index is 443. The fourth-order valence-electron chi connectivity index (χ4n) is 2.00. The Morgan fingerprint density at radius 3 is 2.87 bits per heavy atom. The molecule has 2 heteroatoms. The molecule has 1 N–H and O–H groups in total.